The van der Waals surface area contributed by atoms with Crippen molar-refractivity contribution in [1.29, 1.82) is 0 Å². The second-order valence-corrected chi connectivity index (χ2v) is 5.03. The minimum Gasteiger partial charge on any atom is -0.380 e. The molecule has 1 aromatic carbocycles. The van der Waals surface area contributed by atoms with E-state index in [4.69, 9.17) is 16.3 Å². The van der Waals surface area contributed by atoms with Crippen LogP contribution in [0.2, 0.25) is 0 Å². The number of methoxy groups -OCH3 is 1. The van der Waals surface area contributed by atoms with Crippen LogP contribution in [0.15, 0.2) is 18.2 Å². The summed E-state index contributed by atoms with van der Waals surface area (Å²) in [7, 11) is 1.65. The molecule has 0 saturated heterocycles. The van der Waals surface area contributed by atoms with E-state index in [1.165, 1.54) is 12.1 Å². The number of alkyl halides is 1. The Kier molecular flexibility index (Phi) is 3.88. The normalized spacial score (nSPS) is 14.9. The van der Waals surface area contributed by atoms with Gasteiger partial charge in [0.2, 0.25) is 0 Å². The molecule has 0 amide bonds. The van der Waals surface area contributed by atoms with Gasteiger partial charge in [0.15, 0.2) is 0 Å². The van der Waals surface area contributed by atoms with Crippen LogP contribution in [0.3, 0.4) is 0 Å². The summed E-state index contributed by atoms with van der Waals surface area (Å²) in [4.78, 5) is 4.45. The van der Waals surface area contributed by atoms with Crippen molar-refractivity contribution in [3.05, 3.63) is 29.8 Å². The molecule has 2 atom stereocenters. The molecular weight excluding hydrogens is 255 g/mol. The number of hydrogen-bond acceptors (Lipinski definition) is 2. The topological polar surface area (TPSA) is 27.1 Å². The summed E-state index contributed by atoms with van der Waals surface area (Å²) in [6, 6.07) is 4.55. The van der Waals surface area contributed by atoms with E-state index < -0.39 is 0 Å². The van der Waals surface area contributed by atoms with Crippen molar-refractivity contribution in [1.82, 2.24) is 9.55 Å². The predicted molar refractivity (Wildman–Crippen MR) is 70.4 cm³/mol. The number of hydrogen-bond donors (Lipinski definition) is 0. The van der Waals surface area contributed by atoms with Crippen molar-refractivity contribution in [2.75, 3.05) is 7.11 Å². The zero-order valence-corrected chi connectivity index (χ0v) is 11.4. The molecular formula is C13H16ClFN2O. The van der Waals surface area contributed by atoms with Gasteiger partial charge in [0, 0.05) is 7.11 Å². The van der Waals surface area contributed by atoms with Gasteiger partial charge >= 0.3 is 0 Å². The van der Waals surface area contributed by atoms with Crippen LogP contribution in [-0.4, -0.2) is 22.8 Å². The third-order valence-electron chi connectivity index (χ3n) is 2.94. The van der Waals surface area contributed by atoms with Gasteiger partial charge in [-0.25, -0.2) is 9.37 Å². The number of fused-ring (bicyclic) bond motifs is 1. The number of halogens is 2. The Balaban J connectivity index is 2.57. The standard InChI is InChI=1S/C13H16ClFN2O/c1-8(18-3)7-17-12-6-10(15)4-5-11(12)16-13(17)9(2)14/h4-6,8-9H,7H2,1-3H3. The highest BCUT2D eigenvalue weighted by atomic mass is 35.5. The van der Waals surface area contributed by atoms with E-state index >= 15 is 0 Å². The quantitative estimate of drug-likeness (QED) is 0.795. The summed E-state index contributed by atoms with van der Waals surface area (Å²) in [5.74, 6) is 0.462. The van der Waals surface area contributed by atoms with Crippen molar-refractivity contribution in [2.45, 2.75) is 31.9 Å². The lowest BCUT2D eigenvalue weighted by atomic mass is 10.3. The van der Waals surface area contributed by atoms with Gasteiger partial charge in [0.05, 0.1) is 29.1 Å². The Hall–Kier alpha value is -1.13. The van der Waals surface area contributed by atoms with Crippen LogP contribution in [0.5, 0.6) is 0 Å². The summed E-state index contributed by atoms with van der Waals surface area (Å²) in [5.41, 5.74) is 1.50. The van der Waals surface area contributed by atoms with Crippen molar-refractivity contribution in [3.8, 4) is 0 Å². The molecule has 0 aliphatic rings. The summed E-state index contributed by atoms with van der Waals surface area (Å²) < 4.78 is 20.5. The van der Waals surface area contributed by atoms with E-state index in [0.717, 1.165) is 16.9 Å². The van der Waals surface area contributed by atoms with Gasteiger partial charge in [-0.15, -0.1) is 11.6 Å². The molecule has 0 spiro atoms. The van der Waals surface area contributed by atoms with Gasteiger partial charge in [-0.1, -0.05) is 0 Å². The minimum atomic E-state index is -0.275. The number of nitrogens with zero attached hydrogens (tertiary/aromatic N) is 2. The number of benzene rings is 1. The molecule has 1 heterocycles. The first-order valence-corrected chi connectivity index (χ1v) is 6.29. The maximum atomic E-state index is 13.3. The molecule has 18 heavy (non-hydrogen) atoms. The predicted octanol–water partition coefficient (Wildman–Crippen LogP) is 3.51. The Bertz CT molecular complexity index is 553. The Labute approximate surface area is 111 Å². The van der Waals surface area contributed by atoms with Crippen molar-refractivity contribution < 1.29 is 9.13 Å². The Morgan fingerprint density at radius 1 is 1.44 bits per heavy atom. The minimum absolute atomic E-state index is 0.0137. The molecule has 0 aliphatic carbocycles. The van der Waals surface area contributed by atoms with E-state index in [1.807, 2.05) is 18.4 Å². The lowest BCUT2D eigenvalue weighted by molar-refractivity contribution is 0.103. The van der Waals surface area contributed by atoms with Crippen molar-refractivity contribution in [2.24, 2.45) is 0 Å². The molecule has 3 nitrogen and oxygen atoms in total. The molecule has 0 N–H and O–H groups in total. The lowest BCUT2D eigenvalue weighted by Crippen LogP contribution is -2.17. The van der Waals surface area contributed by atoms with Crippen LogP contribution in [0.1, 0.15) is 25.0 Å². The van der Waals surface area contributed by atoms with Crippen LogP contribution in [0.4, 0.5) is 4.39 Å². The fraction of sp³-hybridized carbons (Fsp3) is 0.462. The van der Waals surface area contributed by atoms with Gasteiger partial charge in [0.1, 0.15) is 11.6 Å². The Morgan fingerprint density at radius 2 is 2.17 bits per heavy atom. The smallest absolute Gasteiger partial charge is 0.127 e. The fourth-order valence-electron chi connectivity index (χ4n) is 1.94. The molecule has 0 aliphatic heterocycles. The van der Waals surface area contributed by atoms with Gasteiger partial charge < -0.3 is 9.30 Å². The zero-order valence-electron chi connectivity index (χ0n) is 10.7. The fourth-order valence-corrected chi connectivity index (χ4v) is 2.11. The summed E-state index contributed by atoms with van der Waals surface area (Å²) >= 11 is 6.13. The second kappa shape index (κ2) is 5.24. The van der Waals surface area contributed by atoms with Gasteiger partial charge in [0.25, 0.3) is 0 Å². The van der Waals surface area contributed by atoms with Gasteiger partial charge in [-0.3, -0.25) is 0 Å². The average Bonchev–Trinajstić information content (AvgIpc) is 2.67. The van der Waals surface area contributed by atoms with Crippen LogP contribution >= 0.6 is 11.6 Å². The maximum absolute atomic E-state index is 13.3. The van der Waals surface area contributed by atoms with Crippen molar-refractivity contribution in [3.63, 3.8) is 0 Å². The first kappa shape index (κ1) is 13.3. The molecule has 98 valence electrons. The monoisotopic (exact) mass is 270 g/mol. The van der Waals surface area contributed by atoms with Crippen molar-refractivity contribution >= 4 is 22.6 Å². The van der Waals surface area contributed by atoms with Gasteiger partial charge in [-0.2, -0.15) is 0 Å². The Morgan fingerprint density at radius 3 is 2.78 bits per heavy atom. The first-order chi connectivity index (χ1) is 8.52. The van der Waals surface area contributed by atoms with Crippen LogP contribution in [0.25, 0.3) is 11.0 Å². The SMILES string of the molecule is COC(C)Cn1c(C(C)Cl)nc2ccc(F)cc21. The highest BCUT2D eigenvalue weighted by Gasteiger charge is 2.17. The first-order valence-electron chi connectivity index (χ1n) is 5.85. The van der Waals surface area contributed by atoms with E-state index in [2.05, 4.69) is 4.98 Å². The molecule has 0 bridgehead atoms. The number of aromatic nitrogens is 2. The van der Waals surface area contributed by atoms with Gasteiger partial charge in [-0.05, 0) is 32.0 Å². The average molecular weight is 271 g/mol. The molecule has 2 unspecified atom stereocenters. The van der Waals surface area contributed by atoms with E-state index in [0.29, 0.717) is 6.54 Å². The maximum Gasteiger partial charge on any atom is 0.127 e. The largest absolute Gasteiger partial charge is 0.380 e. The third kappa shape index (κ3) is 2.49. The number of imidazole rings is 1. The van der Waals surface area contributed by atoms with Crippen LogP contribution in [-0.2, 0) is 11.3 Å². The van der Waals surface area contributed by atoms with Crippen LogP contribution in [0, 0.1) is 5.82 Å². The molecule has 5 heteroatoms. The molecule has 1 aromatic heterocycles. The summed E-state index contributed by atoms with van der Waals surface area (Å²) in [6.45, 7) is 4.41. The summed E-state index contributed by atoms with van der Waals surface area (Å²) in [5, 5.41) is -0.232. The van der Waals surface area contributed by atoms with E-state index in [9.17, 15) is 4.39 Å². The third-order valence-corrected chi connectivity index (χ3v) is 3.13. The highest BCUT2D eigenvalue weighted by molar-refractivity contribution is 6.20. The second-order valence-electron chi connectivity index (χ2n) is 4.38. The molecule has 0 fully saturated rings. The van der Waals surface area contributed by atoms with Crippen LogP contribution < -0.4 is 0 Å². The van der Waals surface area contributed by atoms with E-state index in [-0.39, 0.29) is 17.3 Å². The molecule has 0 radical (unpaired) electrons. The number of ether oxygens (including phenoxy) is 1. The van der Waals surface area contributed by atoms with E-state index in [1.54, 1.807) is 13.2 Å². The molecule has 0 saturated carbocycles. The molecule has 2 aromatic rings. The lowest BCUT2D eigenvalue weighted by Gasteiger charge is -2.15. The number of rotatable bonds is 4. The highest BCUT2D eigenvalue weighted by Crippen LogP contribution is 2.25. The summed E-state index contributed by atoms with van der Waals surface area (Å²) in [6.07, 6.45) is 0.0137. The zero-order chi connectivity index (χ0) is 13.3. The molecule has 2 rings (SSSR count).